The van der Waals surface area contributed by atoms with Crippen molar-refractivity contribution in [2.24, 2.45) is 0 Å². The number of esters is 1. The number of hydrogen-bond acceptors (Lipinski definition) is 5. The van der Waals surface area contributed by atoms with E-state index in [2.05, 4.69) is 4.98 Å². The number of amides is 1. The average molecular weight is 413 g/mol. The molecule has 0 unspecified atom stereocenters. The van der Waals surface area contributed by atoms with Crippen molar-refractivity contribution in [3.63, 3.8) is 0 Å². The molecule has 142 valence electrons. The van der Waals surface area contributed by atoms with Crippen LogP contribution in [-0.2, 0) is 16.0 Å². The number of para-hydroxylation sites is 1. The summed E-state index contributed by atoms with van der Waals surface area (Å²) in [7, 11) is 0. The Morgan fingerprint density at radius 1 is 1.18 bits per heavy atom. The van der Waals surface area contributed by atoms with Crippen molar-refractivity contribution in [3.05, 3.63) is 69.7 Å². The maximum absolute atomic E-state index is 12.5. The Bertz CT molecular complexity index is 1050. The molecule has 0 aliphatic carbocycles. The molecule has 1 aliphatic rings. The molecule has 0 bridgehead atoms. The third kappa shape index (κ3) is 3.66. The summed E-state index contributed by atoms with van der Waals surface area (Å²) in [6.07, 6.45) is 0.814. The maximum atomic E-state index is 12.5. The highest BCUT2D eigenvalue weighted by atomic mass is 35.5. The normalized spacial score (nSPS) is 12.7. The number of halogens is 1. The molecule has 0 saturated heterocycles. The maximum Gasteiger partial charge on any atom is 0.350 e. The lowest BCUT2D eigenvalue weighted by Gasteiger charge is -2.17. The summed E-state index contributed by atoms with van der Waals surface area (Å²) in [5, 5.41) is 1.35. The largest absolute Gasteiger partial charge is 0.451 e. The predicted octanol–water partition coefficient (Wildman–Crippen LogP) is 4.52. The molecular formula is C21H17ClN2O3S. The van der Waals surface area contributed by atoms with E-state index in [1.165, 1.54) is 11.3 Å². The molecule has 5 nitrogen and oxygen atoms in total. The SMILES string of the molecule is Cc1nc(-c2ccc(Cl)cc2)sc1C(=O)OCC(=O)N1CCc2ccccc21. The predicted molar refractivity (Wildman–Crippen MR) is 110 cm³/mol. The third-order valence-corrected chi connectivity index (χ3v) is 6.03. The molecule has 3 aromatic rings. The average Bonchev–Trinajstić information content (AvgIpc) is 3.30. The molecule has 7 heteroatoms. The summed E-state index contributed by atoms with van der Waals surface area (Å²) in [5.41, 5.74) is 3.48. The van der Waals surface area contributed by atoms with Crippen LogP contribution in [0.1, 0.15) is 20.9 Å². The first-order valence-electron chi connectivity index (χ1n) is 8.81. The first kappa shape index (κ1) is 18.7. The van der Waals surface area contributed by atoms with Crippen molar-refractivity contribution in [2.45, 2.75) is 13.3 Å². The van der Waals surface area contributed by atoms with E-state index in [-0.39, 0.29) is 12.5 Å². The monoisotopic (exact) mass is 412 g/mol. The van der Waals surface area contributed by atoms with Crippen molar-refractivity contribution in [3.8, 4) is 10.6 Å². The fourth-order valence-electron chi connectivity index (χ4n) is 3.17. The zero-order valence-electron chi connectivity index (χ0n) is 15.1. The van der Waals surface area contributed by atoms with Gasteiger partial charge in [0.1, 0.15) is 9.88 Å². The van der Waals surface area contributed by atoms with Crippen molar-refractivity contribution < 1.29 is 14.3 Å². The number of aromatic nitrogens is 1. The van der Waals surface area contributed by atoms with Crippen LogP contribution in [0.15, 0.2) is 48.5 Å². The van der Waals surface area contributed by atoms with Gasteiger partial charge in [0.15, 0.2) is 6.61 Å². The number of aryl methyl sites for hydroxylation is 1. The van der Waals surface area contributed by atoms with Crippen LogP contribution in [0.5, 0.6) is 0 Å². The van der Waals surface area contributed by atoms with Crippen molar-refractivity contribution in [1.82, 2.24) is 4.98 Å². The Kier molecular flexibility index (Phi) is 5.15. The highest BCUT2D eigenvalue weighted by molar-refractivity contribution is 7.17. The molecule has 0 saturated carbocycles. The molecule has 28 heavy (non-hydrogen) atoms. The lowest BCUT2D eigenvalue weighted by atomic mass is 10.2. The molecule has 4 rings (SSSR count). The first-order valence-corrected chi connectivity index (χ1v) is 10.0. The summed E-state index contributed by atoms with van der Waals surface area (Å²) in [5.74, 6) is -0.755. The van der Waals surface area contributed by atoms with E-state index in [9.17, 15) is 9.59 Å². The van der Waals surface area contributed by atoms with Gasteiger partial charge in [0.05, 0.1) is 5.69 Å². The van der Waals surface area contributed by atoms with Crippen LogP contribution in [0.3, 0.4) is 0 Å². The highest BCUT2D eigenvalue weighted by Gasteiger charge is 2.26. The molecule has 1 aliphatic heterocycles. The van der Waals surface area contributed by atoms with Crippen molar-refractivity contribution in [2.75, 3.05) is 18.1 Å². The number of carbonyl (C=O) groups excluding carboxylic acids is 2. The van der Waals surface area contributed by atoms with Gasteiger partial charge in [-0.1, -0.05) is 41.9 Å². The van der Waals surface area contributed by atoms with Gasteiger partial charge in [-0.3, -0.25) is 4.79 Å². The minimum Gasteiger partial charge on any atom is -0.451 e. The Labute approximate surface area is 171 Å². The van der Waals surface area contributed by atoms with Crippen LogP contribution >= 0.6 is 22.9 Å². The smallest absolute Gasteiger partial charge is 0.350 e. The first-order chi connectivity index (χ1) is 13.5. The van der Waals surface area contributed by atoms with Gasteiger partial charge in [0.2, 0.25) is 0 Å². The van der Waals surface area contributed by atoms with Crippen LogP contribution in [0.25, 0.3) is 10.6 Å². The summed E-state index contributed by atoms with van der Waals surface area (Å²) in [4.78, 5) is 31.5. The number of anilines is 1. The Morgan fingerprint density at radius 2 is 1.93 bits per heavy atom. The number of nitrogens with zero attached hydrogens (tertiary/aromatic N) is 2. The fraction of sp³-hybridized carbons (Fsp3) is 0.190. The Hall–Kier alpha value is -2.70. The quantitative estimate of drug-likeness (QED) is 0.591. The van der Waals surface area contributed by atoms with Gasteiger partial charge in [0.25, 0.3) is 5.91 Å². The van der Waals surface area contributed by atoms with Gasteiger partial charge >= 0.3 is 5.97 Å². The number of hydrogen-bond donors (Lipinski definition) is 0. The van der Waals surface area contributed by atoms with Crippen molar-refractivity contribution in [1.29, 1.82) is 0 Å². The fourth-order valence-corrected chi connectivity index (χ4v) is 4.26. The Balaban J connectivity index is 1.43. The summed E-state index contributed by atoms with van der Waals surface area (Å²) in [6.45, 7) is 2.07. The molecule has 0 radical (unpaired) electrons. The molecule has 1 amide bonds. The molecule has 1 aromatic heterocycles. The van der Waals surface area contributed by atoms with Crippen LogP contribution in [0.4, 0.5) is 5.69 Å². The molecular weight excluding hydrogens is 396 g/mol. The molecule has 0 N–H and O–H groups in total. The van der Waals surface area contributed by atoms with E-state index in [4.69, 9.17) is 16.3 Å². The second kappa shape index (κ2) is 7.73. The van der Waals surface area contributed by atoms with Gasteiger partial charge in [-0.2, -0.15) is 0 Å². The minimum atomic E-state index is -0.531. The van der Waals surface area contributed by atoms with E-state index in [1.54, 1.807) is 24.0 Å². The highest BCUT2D eigenvalue weighted by Crippen LogP contribution is 2.30. The number of thiazole rings is 1. The standard InChI is InChI=1S/C21H17ClN2O3S/c1-13-19(28-20(23-13)15-6-8-16(22)9-7-15)21(26)27-12-18(25)24-11-10-14-4-2-3-5-17(14)24/h2-9H,10-12H2,1H3. The van der Waals surface area contributed by atoms with E-state index in [0.717, 1.165) is 23.2 Å². The van der Waals surface area contributed by atoms with Gasteiger partial charge in [-0.15, -0.1) is 11.3 Å². The van der Waals surface area contributed by atoms with Crippen LogP contribution in [0, 0.1) is 6.92 Å². The third-order valence-electron chi connectivity index (χ3n) is 4.59. The van der Waals surface area contributed by atoms with E-state index >= 15 is 0 Å². The minimum absolute atomic E-state index is 0.224. The molecule has 0 fully saturated rings. The number of ether oxygens (including phenoxy) is 1. The molecule has 0 spiro atoms. The van der Waals surface area contributed by atoms with Gasteiger partial charge in [-0.25, -0.2) is 9.78 Å². The van der Waals surface area contributed by atoms with Crippen molar-refractivity contribution >= 4 is 40.5 Å². The molecule has 2 aromatic carbocycles. The van der Waals surface area contributed by atoms with Gasteiger partial charge in [0, 0.05) is 22.8 Å². The number of carbonyl (C=O) groups is 2. The summed E-state index contributed by atoms with van der Waals surface area (Å²) < 4.78 is 5.29. The van der Waals surface area contributed by atoms with Gasteiger partial charge in [-0.05, 0) is 37.1 Å². The summed E-state index contributed by atoms with van der Waals surface area (Å²) in [6, 6.07) is 15.0. The number of fused-ring (bicyclic) bond motifs is 1. The summed E-state index contributed by atoms with van der Waals surface area (Å²) >= 11 is 7.16. The molecule has 0 atom stereocenters. The molecule has 2 heterocycles. The van der Waals surface area contributed by atoms with Crippen LogP contribution < -0.4 is 4.90 Å². The lowest BCUT2D eigenvalue weighted by Crippen LogP contribution is -2.33. The number of benzene rings is 2. The second-order valence-electron chi connectivity index (χ2n) is 6.44. The van der Waals surface area contributed by atoms with Gasteiger partial charge < -0.3 is 9.64 Å². The zero-order valence-corrected chi connectivity index (χ0v) is 16.7. The topological polar surface area (TPSA) is 59.5 Å². The zero-order chi connectivity index (χ0) is 19.7. The van der Waals surface area contributed by atoms with E-state index in [1.807, 2.05) is 36.4 Å². The van der Waals surface area contributed by atoms with Crippen LogP contribution in [0.2, 0.25) is 5.02 Å². The van der Waals surface area contributed by atoms with Crippen LogP contribution in [-0.4, -0.2) is 30.0 Å². The lowest BCUT2D eigenvalue weighted by molar-refractivity contribution is -0.121. The van der Waals surface area contributed by atoms with E-state index in [0.29, 0.717) is 27.1 Å². The Morgan fingerprint density at radius 3 is 2.71 bits per heavy atom. The second-order valence-corrected chi connectivity index (χ2v) is 7.88. The number of rotatable bonds is 4. The van der Waals surface area contributed by atoms with E-state index < -0.39 is 5.97 Å².